The summed E-state index contributed by atoms with van der Waals surface area (Å²) in [6, 6.07) is 0. The fourth-order valence-corrected chi connectivity index (χ4v) is 8.96. The van der Waals surface area contributed by atoms with E-state index >= 15 is 0 Å². The van der Waals surface area contributed by atoms with Crippen LogP contribution in [0.15, 0.2) is 73.6 Å². The first-order chi connectivity index (χ1) is 19.8. The van der Waals surface area contributed by atoms with Crippen LogP contribution in [0.2, 0.25) is 0 Å². The summed E-state index contributed by atoms with van der Waals surface area (Å²) in [4.78, 5) is 26.7. The Hall–Kier alpha value is -3.13. The van der Waals surface area contributed by atoms with Crippen LogP contribution in [-0.4, -0.2) is 47.7 Å². The number of rotatable bonds is 0. The Bertz CT molecular complexity index is 1380. The van der Waals surface area contributed by atoms with Gasteiger partial charge in [-0.2, -0.15) is 0 Å². The van der Waals surface area contributed by atoms with Gasteiger partial charge in [0.15, 0.2) is 0 Å². The van der Waals surface area contributed by atoms with Gasteiger partial charge in [0.2, 0.25) is 0 Å². The van der Waals surface area contributed by atoms with Crippen molar-refractivity contribution in [3.8, 4) is 0 Å². The van der Waals surface area contributed by atoms with Crippen LogP contribution < -0.4 is 16.0 Å². The molecule has 0 spiro atoms. The highest BCUT2D eigenvalue weighted by Crippen LogP contribution is 2.44. The Labute approximate surface area is 235 Å². The van der Waals surface area contributed by atoms with Crippen LogP contribution in [0.1, 0.15) is 51.4 Å². The first kappa shape index (κ1) is 23.6. The van der Waals surface area contributed by atoms with Gasteiger partial charge in [-0.25, -0.2) is 15.0 Å². The minimum atomic E-state index is 0.0577. The summed E-state index contributed by atoms with van der Waals surface area (Å²) in [7, 11) is 0. The lowest BCUT2D eigenvalue weighted by atomic mass is 9.78. The molecule has 5 fully saturated rings. The second kappa shape index (κ2) is 9.20. The Balaban J connectivity index is 1.20. The van der Waals surface area contributed by atoms with E-state index in [-0.39, 0.29) is 42.2 Å². The van der Waals surface area contributed by atoms with Crippen molar-refractivity contribution >= 4 is 29.2 Å². The molecule has 8 nitrogen and oxygen atoms in total. The zero-order chi connectivity index (χ0) is 26.2. The summed E-state index contributed by atoms with van der Waals surface area (Å²) in [5.74, 6) is 7.55. The van der Waals surface area contributed by atoms with Gasteiger partial charge >= 0.3 is 0 Å². The molecule has 206 valence electrons. The lowest BCUT2D eigenvalue weighted by molar-refractivity contribution is 0.247. The first-order valence-electron chi connectivity index (χ1n) is 15.7. The van der Waals surface area contributed by atoms with Crippen LogP contribution in [0.3, 0.4) is 0 Å². The molecule has 8 bridgehead atoms. The van der Waals surface area contributed by atoms with E-state index in [1.165, 1.54) is 57.2 Å². The van der Waals surface area contributed by atoms with E-state index < -0.39 is 0 Å². The molecule has 3 N–H and O–H groups in total. The lowest BCUT2D eigenvalue weighted by Crippen LogP contribution is -2.35. The van der Waals surface area contributed by atoms with E-state index in [1.807, 2.05) is 0 Å². The number of nitrogens with one attached hydrogen (secondary N) is 3. The monoisotopic (exact) mass is 534 g/mol. The molecule has 40 heavy (non-hydrogen) atoms. The largest absolute Gasteiger partial charge is 0.352 e. The molecule has 5 aliphatic heterocycles. The number of hydrogen-bond acceptors (Lipinski definition) is 8. The maximum Gasteiger partial charge on any atom is 0.140 e. The molecule has 2 saturated carbocycles. The molecule has 11 unspecified atom stereocenters. The van der Waals surface area contributed by atoms with Crippen molar-refractivity contribution < 1.29 is 0 Å². The Morgan fingerprint density at radius 3 is 1.90 bits per heavy atom. The van der Waals surface area contributed by atoms with E-state index in [0.717, 1.165) is 23.3 Å². The van der Waals surface area contributed by atoms with Crippen molar-refractivity contribution in [2.24, 2.45) is 72.3 Å². The van der Waals surface area contributed by atoms with Crippen LogP contribution in [0.25, 0.3) is 0 Å². The van der Waals surface area contributed by atoms with Crippen molar-refractivity contribution in [1.29, 1.82) is 0 Å². The number of aliphatic imine (C=N–C) groups is 5. The molecule has 0 aromatic carbocycles. The number of allylic oxidation sites excluding steroid dienone is 4. The highest BCUT2D eigenvalue weighted by atomic mass is 15.3. The van der Waals surface area contributed by atoms with Crippen LogP contribution in [0.5, 0.6) is 0 Å². The molecule has 4 aliphatic carbocycles. The van der Waals surface area contributed by atoms with Crippen LogP contribution in [0, 0.1) is 47.3 Å². The topological polar surface area (TPSA) is 97.9 Å². The van der Waals surface area contributed by atoms with Gasteiger partial charge in [0.25, 0.3) is 0 Å². The highest BCUT2D eigenvalue weighted by Gasteiger charge is 2.48. The summed E-state index contributed by atoms with van der Waals surface area (Å²) in [6.07, 6.45) is 27.8. The molecular formula is C32H38N8. The number of hydrogen-bond donors (Lipinski definition) is 3. The average molecular weight is 535 g/mol. The van der Waals surface area contributed by atoms with Gasteiger partial charge in [0.05, 0.1) is 11.8 Å². The molecule has 9 aliphatic rings. The van der Waals surface area contributed by atoms with Crippen molar-refractivity contribution in [3.63, 3.8) is 0 Å². The van der Waals surface area contributed by atoms with Crippen molar-refractivity contribution in [1.82, 2.24) is 16.0 Å². The van der Waals surface area contributed by atoms with Gasteiger partial charge in [-0.15, -0.1) is 0 Å². The smallest absolute Gasteiger partial charge is 0.140 e. The average Bonchev–Trinajstić information content (AvgIpc) is 3.73. The lowest BCUT2D eigenvalue weighted by Gasteiger charge is -2.28. The Morgan fingerprint density at radius 1 is 0.525 bits per heavy atom. The predicted molar refractivity (Wildman–Crippen MR) is 159 cm³/mol. The summed E-state index contributed by atoms with van der Waals surface area (Å²) in [5.41, 5.74) is 0. The van der Waals surface area contributed by atoms with Crippen LogP contribution >= 0.6 is 0 Å². The minimum Gasteiger partial charge on any atom is -0.352 e. The van der Waals surface area contributed by atoms with E-state index in [4.69, 9.17) is 25.0 Å². The SMILES string of the molecule is C1=CC2C3=NC(=N\C4NC(/N=C5\NC(/N=C6\N/C(=N\3)C3C=CC=CC63)C3CCCCC53)C3CCCCC43)/C2C=C1. The summed E-state index contributed by atoms with van der Waals surface area (Å²) < 4.78 is 0. The van der Waals surface area contributed by atoms with Gasteiger partial charge < -0.3 is 10.6 Å². The number of nitrogens with zero attached hydrogens (tertiary/aromatic N) is 5. The van der Waals surface area contributed by atoms with Gasteiger partial charge in [0, 0.05) is 35.5 Å². The standard InChI is InChI=1S/C32H38N8/c1-2-10-18-17(9-1)25-33-26(18)38-28-21-13-5-6-14-22(21)30(35-28)40-32-24-16-8-7-15-23(24)31(36-32)39-29-20-12-4-3-11-19(20)27(34-29)37-25/h1-4,9-12,17-24,28,30-31,35H,5-8,13-16H2,(H,36,40)(H,33,34,37,38,39). The zero-order valence-corrected chi connectivity index (χ0v) is 22.9. The van der Waals surface area contributed by atoms with E-state index in [0.29, 0.717) is 23.7 Å². The second-order valence-electron chi connectivity index (χ2n) is 13.1. The maximum absolute atomic E-state index is 5.51. The predicted octanol–water partition coefficient (Wildman–Crippen LogP) is 4.12. The minimum absolute atomic E-state index is 0.0577. The van der Waals surface area contributed by atoms with Crippen molar-refractivity contribution in [2.75, 3.05) is 0 Å². The molecule has 5 heterocycles. The molecule has 8 heteroatoms. The second-order valence-corrected chi connectivity index (χ2v) is 13.1. The van der Waals surface area contributed by atoms with Gasteiger partial charge in [0.1, 0.15) is 47.7 Å². The van der Waals surface area contributed by atoms with Crippen LogP contribution in [0.4, 0.5) is 0 Å². The fraction of sp³-hybridized carbons (Fsp3) is 0.594. The molecule has 0 amide bonds. The normalized spacial score (nSPS) is 50.8. The van der Waals surface area contributed by atoms with Crippen LogP contribution in [-0.2, 0) is 0 Å². The molecule has 0 aromatic rings. The Kier molecular flexibility index (Phi) is 5.42. The number of fused-ring (bicyclic) bond motifs is 19. The zero-order valence-electron chi connectivity index (χ0n) is 22.9. The van der Waals surface area contributed by atoms with E-state index in [2.05, 4.69) is 64.6 Å². The van der Waals surface area contributed by atoms with Gasteiger partial charge in [-0.3, -0.25) is 15.3 Å². The van der Waals surface area contributed by atoms with E-state index in [9.17, 15) is 0 Å². The van der Waals surface area contributed by atoms with Crippen molar-refractivity contribution in [2.45, 2.75) is 69.9 Å². The van der Waals surface area contributed by atoms with Gasteiger partial charge in [-0.1, -0.05) is 74.3 Å². The van der Waals surface area contributed by atoms with Gasteiger partial charge in [-0.05, 0) is 25.7 Å². The van der Waals surface area contributed by atoms with Crippen molar-refractivity contribution in [3.05, 3.63) is 48.6 Å². The third kappa shape index (κ3) is 3.64. The third-order valence-corrected chi connectivity index (χ3v) is 10.9. The molecule has 0 aromatic heterocycles. The molecule has 0 radical (unpaired) electrons. The molecular weight excluding hydrogens is 496 g/mol. The molecule has 3 saturated heterocycles. The molecule has 9 rings (SSSR count). The summed E-state index contributed by atoms with van der Waals surface area (Å²) in [6.45, 7) is 0. The third-order valence-electron chi connectivity index (χ3n) is 10.9. The number of amidine groups is 5. The maximum atomic E-state index is 5.51. The fourth-order valence-electron chi connectivity index (χ4n) is 8.96. The Morgan fingerprint density at radius 2 is 1.12 bits per heavy atom. The molecule has 11 atom stereocenters. The summed E-state index contributed by atoms with van der Waals surface area (Å²) in [5, 5.41) is 11.5. The first-order valence-corrected chi connectivity index (χ1v) is 15.7. The van der Waals surface area contributed by atoms with E-state index in [1.54, 1.807) is 0 Å². The quantitative estimate of drug-likeness (QED) is 0.436. The highest BCUT2D eigenvalue weighted by molar-refractivity contribution is 6.18. The summed E-state index contributed by atoms with van der Waals surface area (Å²) >= 11 is 0.